The number of benzene rings is 1. The number of carboxylic acid groups (broad SMARTS) is 1. The molecule has 1 aliphatic rings. The molecule has 2 N–H and O–H groups in total. The Bertz CT molecular complexity index is 414. The number of aromatic carboxylic acids is 1. The van der Waals surface area contributed by atoms with Gasteiger partial charge in [-0.2, -0.15) is 0 Å². The average Bonchev–Trinajstić information content (AvgIpc) is 2.92. The third-order valence-electron chi connectivity index (χ3n) is 3.50. The molecule has 0 spiro atoms. The Hall–Kier alpha value is -1.39. The van der Waals surface area contributed by atoms with Crippen LogP contribution in [0.15, 0.2) is 24.3 Å². The van der Waals surface area contributed by atoms with Crippen LogP contribution in [0.1, 0.15) is 41.6 Å². The summed E-state index contributed by atoms with van der Waals surface area (Å²) in [5.74, 6) is -0.875. The van der Waals surface area contributed by atoms with Crippen molar-refractivity contribution >= 4 is 5.97 Å². The van der Waals surface area contributed by atoms with E-state index in [-0.39, 0.29) is 0 Å². The van der Waals surface area contributed by atoms with Crippen molar-refractivity contribution in [2.75, 3.05) is 13.2 Å². The molecule has 4 nitrogen and oxygen atoms in total. The Kier molecular flexibility index (Phi) is 5.36. The summed E-state index contributed by atoms with van der Waals surface area (Å²) in [6.45, 7) is 2.01. The van der Waals surface area contributed by atoms with Gasteiger partial charge < -0.3 is 15.2 Å². The van der Waals surface area contributed by atoms with E-state index in [0.717, 1.165) is 12.1 Å². The lowest BCUT2D eigenvalue weighted by Gasteiger charge is -2.12. The lowest BCUT2D eigenvalue weighted by Crippen LogP contribution is -2.22. The Morgan fingerprint density at radius 2 is 2.05 bits per heavy atom. The highest BCUT2D eigenvalue weighted by Gasteiger charge is 2.14. The van der Waals surface area contributed by atoms with Gasteiger partial charge in [-0.15, -0.1) is 0 Å². The fourth-order valence-corrected chi connectivity index (χ4v) is 2.46. The monoisotopic (exact) mass is 263 g/mol. The number of rotatable bonds is 7. The molecular formula is C15H21NO3. The van der Waals surface area contributed by atoms with E-state index in [1.807, 2.05) is 12.1 Å². The van der Waals surface area contributed by atoms with Crippen LogP contribution in [0.4, 0.5) is 0 Å². The van der Waals surface area contributed by atoms with Crippen molar-refractivity contribution in [1.82, 2.24) is 5.32 Å². The highest BCUT2D eigenvalue weighted by molar-refractivity contribution is 5.89. The second kappa shape index (κ2) is 7.26. The summed E-state index contributed by atoms with van der Waals surface area (Å²) in [5, 5.41) is 12.3. The van der Waals surface area contributed by atoms with Crippen LogP contribution in [0.25, 0.3) is 0 Å². The molecule has 1 saturated carbocycles. The first-order chi connectivity index (χ1) is 9.27. The topological polar surface area (TPSA) is 58.6 Å². The van der Waals surface area contributed by atoms with Crippen LogP contribution in [-0.4, -0.2) is 30.3 Å². The second-order valence-corrected chi connectivity index (χ2v) is 4.92. The lowest BCUT2D eigenvalue weighted by atomic mass is 10.1. The van der Waals surface area contributed by atoms with Gasteiger partial charge in [0.2, 0.25) is 0 Å². The van der Waals surface area contributed by atoms with Crippen LogP contribution < -0.4 is 5.32 Å². The maximum absolute atomic E-state index is 11.0. The Morgan fingerprint density at radius 1 is 1.32 bits per heavy atom. The van der Waals surface area contributed by atoms with E-state index in [1.165, 1.54) is 25.7 Å². The summed E-state index contributed by atoms with van der Waals surface area (Å²) < 4.78 is 5.74. The molecule has 1 aromatic carbocycles. The predicted molar refractivity (Wildman–Crippen MR) is 73.3 cm³/mol. The molecule has 2 rings (SSSR count). The van der Waals surface area contributed by atoms with E-state index < -0.39 is 5.97 Å². The van der Waals surface area contributed by atoms with Crippen molar-refractivity contribution in [3.05, 3.63) is 35.4 Å². The Labute approximate surface area is 113 Å². The van der Waals surface area contributed by atoms with E-state index in [9.17, 15) is 4.79 Å². The maximum Gasteiger partial charge on any atom is 0.336 e. The molecule has 0 saturated heterocycles. The minimum Gasteiger partial charge on any atom is -0.478 e. The Morgan fingerprint density at radius 3 is 2.79 bits per heavy atom. The zero-order chi connectivity index (χ0) is 13.5. The van der Waals surface area contributed by atoms with Gasteiger partial charge in [0.25, 0.3) is 0 Å². The van der Waals surface area contributed by atoms with Crippen molar-refractivity contribution in [1.29, 1.82) is 0 Å². The number of carboxylic acids is 1. The van der Waals surface area contributed by atoms with Crippen LogP contribution in [0.3, 0.4) is 0 Å². The first-order valence-electron chi connectivity index (χ1n) is 6.91. The first kappa shape index (κ1) is 14.0. The van der Waals surface area contributed by atoms with Crippen molar-refractivity contribution < 1.29 is 14.6 Å². The van der Waals surface area contributed by atoms with Crippen LogP contribution in [0.2, 0.25) is 0 Å². The average molecular weight is 263 g/mol. The molecule has 4 heteroatoms. The summed E-state index contributed by atoms with van der Waals surface area (Å²) in [7, 11) is 0. The summed E-state index contributed by atoms with van der Waals surface area (Å²) in [6, 6.07) is 7.08. The van der Waals surface area contributed by atoms with Gasteiger partial charge in [-0.05, 0) is 24.5 Å². The molecule has 0 aromatic heterocycles. The van der Waals surface area contributed by atoms with Crippen LogP contribution in [-0.2, 0) is 11.3 Å². The zero-order valence-electron chi connectivity index (χ0n) is 11.1. The van der Waals surface area contributed by atoms with Gasteiger partial charge in [-0.3, -0.25) is 0 Å². The SMILES string of the molecule is O=C(O)c1ccccc1CNCCOC1CCCC1. The largest absolute Gasteiger partial charge is 0.478 e. The molecular weight excluding hydrogens is 242 g/mol. The highest BCUT2D eigenvalue weighted by Crippen LogP contribution is 2.20. The van der Waals surface area contributed by atoms with E-state index in [0.29, 0.717) is 24.8 Å². The molecule has 1 fully saturated rings. The Balaban J connectivity index is 1.69. The van der Waals surface area contributed by atoms with E-state index in [2.05, 4.69) is 5.32 Å². The van der Waals surface area contributed by atoms with Crippen LogP contribution in [0.5, 0.6) is 0 Å². The molecule has 1 aliphatic carbocycles. The van der Waals surface area contributed by atoms with Gasteiger partial charge in [0.05, 0.1) is 18.3 Å². The molecule has 0 aliphatic heterocycles. The predicted octanol–water partition coefficient (Wildman–Crippen LogP) is 2.43. The van der Waals surface area contributed by atoms with Crippen LogP contribution >= 0.6 is 0 Å². The normalized spacial score (nSPS) is 15.8. The van der Waals surface area contributed by atoms with Crippen LogP contribution in [0, 0.1) is 0 Å². The van der Waals surface area contributed by atoms with Crippen molar-refractivity contribution in [2.45, 2.75) is 38.3 Å². The highest BCUT2D eigenvalue weighted by atomic mass is 16.5. The molecule has 0 bridgehead atoms. The number of hydrogen-bond donors (Lipinski definition) is 2. The van der Waals surface area contributed by atoms with Gasteiger partial charge in [-0.1, -0.05) is 31.0 Å². The van der Waals surface area contributed by atoms with Gasteiger partial charge in [0.15, 0.2) is 0 Å². The van der Waals surface area contributed by atoms with Gasteiger partial charge in [-0.25, -0.2) is 4.79 Å². The lowest BCUT2D eigenvalue weighted by molar-refractivity contribution is 0.0602. The molecule has 1 aromatic rings. The maximum atomic E-state index is 11.0. The molecule has 104 valence electrons. The minimum absolute atomic E-state index is 0.367. The van der Waals surface area contributed by atoms with Crippen molar-refractivity contribution in [3.63, 3.8) is 0 Å². The van der Waals surface area contributed by atoms with Crippen molar-refractivity contribution in [2.24, 2.45) is 0 Å². The molecule has 0 radical (unpaired) electrons. The smallest absolute Gasteiger partial charge is 0.336 e. The first-order valence-corrected chi connectivity index (χ1v) is 6.91. The number of ether oxygens (including phenoxy) is 1. The fraction of sp³-hybridized carbons (Fsp3) is 0.533. The molecule has 19 heavy (non-hydrogen) atoms. The van der Waals surface area contributed by atoms with E-state index >= 15 is 0 Å². The molecule has 0 atom stereocenters. The number of carbonyl (C=O) groups is 1. The van der Waals surface area contributed by atoms with Gasteiger partial charge in [0, 0.05) is 13.1 Å². The molecule has 0 unspecified atom stereocenters. The zero-order valence-corrected chi connectivity index (χ0v) is 11.1. The summed E-state index contributed by atoms with van der Waals surface area (Å²) in [6.07, 6.45) is 5.37. The number of nitrogens with one attached hydrogen (secondary N) is 1. The molecule has 0 amide bonds. The van der Waals surface area contributed by atoms with Crippen molar-refractivity contribution in [3.8, 4) is 0 Å². The summed E-state index contributed by atoms with van der Waals surface area (Å²) in [4.78, 5) is 11.0. The standard InChI is InChI=1S/C15H21NO3/c17-15(18)14-8-4-1-5-12(14)11-16-9-10-19-13-6-2-3-7-13/h1,4-5,8,13,16H,2-3,6-7,9-11H2,(H,17,18). The third kappa shape index (κ3) is 4.33. The van der Waals surface area contributed by atoms with E-state index in [1.54, 1.807) is 12.1 Å². The molecule has 0 heterocycles. The minimum atomic E-state index is -0.875. The third-order valence-corrected chi connectivity index (χ3v) is 3.50. The summed E-state index contributed by atoms with van der Waals surface area (Å²) >= 11 is 0. The second-order valence-electron chi connectivity index (χ2n) is 4.92. The fourth-order valence-electron chi connectivity index (χ4n) is 2.46. The number of hydrogen-bond acceptors (Lipinski definition) is 3. The van der Waals surface area contributed by atoms with Gasteiger partial charge in [0.1, 0.15) is 0 Å². The summed E-state index contributed by atoms with van der Waals surface area (Å²) in [5.41, 5.74) is 1.18. The quantitative estimate of drug-likeness (QED) is 0.742. The van der Waals surface area contributed by atoms with Gasteiger partial charge >= 0.3 is 5.97 Å². The van der Waals surface area contributed by atoms with E-state index in [4.69, 9.17) is 9.84 Å².